The molecule has 0 bridgehead atoms. The average Bonchev–Trinajstić information content (AvgIpc) is 2.51. The fourth-order valence-corrected chi connectivity index (χ4v) is 1.74. The van der Waals surface area contributed by atoms with Gasteiger partial charge in [0.15, 0.2) is 0 Å². The fourth-order valence-electron chi connectivity index (χ4n) is 1.74. The van der Waals surface area contributed by atoms with Crippen molar-refractivity contribution < 1.29 is 0 Å². The Balaban J connectivity index is 2.11. The van der Waals surface area contributed by atoms with Crippen molar-refractivity contribution in [2.75, 3.05) is 36.2 Å². The Hall–Kier alpha value is -2.37. The first kappa shape index (κ1) is 15.0. The summed E-state index contributed by atoms with van der Waals surface area (Å²) in [6, 6.07) is 10.2. The van der Waals surface area contributed by atoms with Crippen molar-refractivity contribution in [3.8, 4) is 0 Å². The number of rotatable bonds is 7. The zero-order valence-corrected chi connectivity index (χ0v) is 12.8. The highest BCUT2D eigenvalue weighted by Gasteiger charge is 2.07. The van der Waals surface area contributed by atoms with Gasteiger partial charge >= 0.3 is 0 Å². The number of benzene rings is 1. The van der Waals surface area contributed by atoms with Crippen LogP contribution < -0.4 is 15.5 Å². The van der Waals surface area contributed by atoms with E-state index in [0.717, 1.165) is 13.0 Å². The number of hydrogen-bond acceptors (Lipinski definition) is 6. The van der Waals surface area contributed by atoms with E-state index >= 15 is 0 Å². The number of nitrogens with one attached hydrogen (secondary N) is 2. The maximum atomic E-state index is 4.41. The molecule has 2 rings (SSSR count). The Morgan fingerprint density at radius 3 is 2.24 bits per heavy atom. The third-order valence-corrected chi connectivity index (χ3v) is 2.85. The van der Waals surface area contributed by atoms with E-state index in [1.54, 1.807) is 0 Å². The van der Waals surface area contributed by atoms with Crippen LogP contribution in [0.25, 0.3) is 0 Å². The normalized spacial score (nSPS) is 10.2. The topological polar surface area (TPSA) is 66.0 Å². The van der Waals surface area contributed by atoms with Gasteiger partial charge in [0.1, 0.15) is 0 Å². The molecular weight excluding hydrogens is 264 g/mol. The minimum absolute atomic E-state index is 0.580. The Labute approximate surface area is 125 Å². The van der Waals surface area contributed by atoms with Crippen LogP contribution in [-0.2, 0) is 6.54 Å². The monoisotopic (exact) mass is 286 g/mol. The molecule has 0 radical (unpaired) electrons. The molecular formula is C15H22N6. The molecule has 0 saturated carbocycles. The van der Waals surface area contributed by atoms with Gasteiger partial charge in [-0.15, -0.1) is 0 Å². The predicted octanol–water partition coefficient (Wildman–Crippen LogP) is 2.37. The van der Waals surface area contributed by atoms with Crippen LogP contribution in [0.3, 0.4) is 0 Å². The van der Waals surface area contributed by atoms with Crippen LogP contribution in [0, 0.1) is 0 Å². The smallest absolute Gasteiger partial charge is 0.231 e. The van der Waals surface area contributed by atoms with Crippen LogP contribution in [0.1, 0.15) is 18.9 Å². The summed E-state index contributed by atoms with van der Waals surface area (Å²) in [7, 11) is 3.83. The lowest BCUT2D eigenvalue weighted by atomic mass is 10.2. The second-order valence-electron chi connectivity index (χ2n) is 4.94. The summed E-state index contributed by atoms with van der Waals surface area (Å²) in [5.41, 5.74) is 1.19. The van der Waals surface area contributed by atoms with Crippen LogP contribution in [0.5, 0.6) is 0 Å². The van der Waals surface area contributed by atoms with E-state index in [1.807, 2.05) is 37.2 Å². The van der Waals surface area contributed by atoms with E-state index in [1.165, 1.54) is 5.56 Å². The molecule has 0 unspecified atom stereocenters. The molecule has 112 valence electrons. The molecule has 0 saturated heterocycles. The highest BCUT2D eigenvalue weighted by Crippen LogP contribution is 2.12. The number of hydrogen-bond donors (Lipinski definition) is 2. The van der Waals surface area contributed by atoms with Gasteiger partial charge in [-0.2, -0.15) is 15.0 Å². The number of aromatic nitrogens is 3. The van der Waals surface area contributed by atoms with Gasteiger partial charge in [-0.3, -0.25) is 0 Å². The third-order valence-electron chi connectivity index (χ3n) is 2.85. The Morgan fingerprint density at radius 1 is 0.952 bits per heavy atom. The van der Waals surface area contributed by atoms with Crippen molar-refractivity contribution in [2.45, 2.75) is 19.9 Å². The number of nitrogens with zero attached hydrogens (tertiary/aromatic N) is 4. The van der Waals surface area contributed by atoms with Gasteiger partial charge in [0, 0.05) is 27.2 Å². The second kappa shape index (κ2) is 7.42. The summed E-state index contributed by atoms with van der Waals surface area (Å²) in [6.07, 6.45) is 1.02. The molecule has 0 atom stereocenters. The van der Waals surface area contributed by atoms with Gasteiger partial charge in [0.25, 0.3) is 0 Å². The van der Waals surface area contributed by atoms with Gasteiger partial charge in [0.05, 0.1) is 0 Å². The van der Waals surface area contributed by atoms with Crippen LogP contribution >= 0.6 is 0 Å². The molecule has 0 aliphatic heterocycles. The molecule has 2 aromatic rings. The summed E-state index contributed by atoms with van der Waals surface area (Å²) < 4.78 is 0. The van der Waals surface area contributed by atoms with Crippen molar-refractivity contribution >= 4 is 17.8 Å². The molecule has 1 aromatic heterocycles. The van der Waals surface area contributed by atoms with Crippen LogP contribution in [0.4, 0.5) is 17.8 Å². The first-order valence-electron chi connectivity index (χ1n) is 7.14. The zero-order chi connectivity index (χ0) is 15.1. The van der Waals surface area contributed by atoms with E-state index in [0.29, 0.717) is 24.4 Å². The summed E-state index contributed by atoms with van der Waals surface area (Å²) in [6.45, 7) is 3.63. The van der Waals surface area contributed by atoms with E-state index < -0.39 is 0 Å². The summed E-state index contributed by atoms with van der Waals surface area (Å²) >= 11 is 0. The van der Waals surface area contributed by atoms with Crippen molar-refractivity contribution in [1.29, 1.82) is 0 Å². The van der Waals surface area contributed by atoms with E-state index in [-0.39, 0.29) is 0 Å². The quantitative estimate of drug-likeness (QED) is 0.814. The second-order valence-corrected chi connectivity index (χ2v) is 4.94. The van der Waals surface area contributed by atoms with Crippen LogP contribution in [0.2, 0.25) is 0 Å². The first-order valence-corrected chi connectivity index (χ1v) is 7.14. The maximum absolute atomic E-state index is 4.41. The lowest BCUT2D eigenvalue weighted by Gasteiger charge is -2.14. The fraction of sp³-hybridized carbons (Fsp3) is 0.400. The van der Waals surface area contributed by atoms with Gasteiger partial charge < -0.3 is 15.5 Å². The standard InChI is InChI=1S/C15H22N6/c1-4-10-16-13-18-14(20-15(19-13)21(2)3)17-11-12-8-6-5-7-9-12/h5-9H,4,10-11H2,1-3H3,(H2,16,17,18,19,20). The van der Waals surface area contributed by atoms with Gasteiger partial charge in [-0.25, -0.2) is 0 Å². The van der Waals surface area contributed by atoms with E-state index in [9.17, 15) is 0 Å². The van der Waals surface area contributed by atoms with Crippen molar-refractivity contribution in [3.63, 3.8) is 0 Å². The lowest BCUT2D eigenvalue weighted by Crippen LogP contribution is -2.17. The molecule has 0 amide bonds. The Morgan fingerprint density at radius 2 is 1.62 bits per heavy atom. The van der Waals surface area contributed by atoms with Crippen LogP contribution in [0.15, 0.2) is 30.3 Å². The largest absolute Gasteiger partial charge is 0.354 e. The van der Waals surface area contributed by atoms with Gasteiger partial charge in [0.2, 0.25) is 17.8 Å². The minimum Gasteiger partial charge on any atom is -0.354 e. The lowest BCUT2D eigenvalue weighted by molar-refractivity contribution is 0.910. The molecule has 1 heterocycles. The summed E-state index contributed by atoms with van der Waals surface area (Å²) in [4.78, 5) is 15.1. The highest BCUT2D eigenvalue weighted by molar-refractivity contribution is 5.43. The first-order chi connectivity index (χ1) is 10.2. The molecule has 21 heavy (non-hydrogen) atoms. The van der Waals surface area contributed by atoms with Crippen LogP contribution in [-0.4, -0.2) is 35.6 Å². The predicted molar refractivity (Wildman–Crippen MR) is 86.7 cm³/mol. The number of anilines is 3. The SMILES string of the molecule is CCCNc1nc(NCc2ccccc2)nc(N(C)C)n1. The van der Waals surface area contributed by atoms with Crippen molar-refractivity contribution in [3.05, 3.63) is 35.9 Å². The van der Waals surface area contributed by atoms with E-state index in [2.05, 4.69) is 44.6 Å². The molecule has 6 heteroatoms. The zero-order valence-electron chi connectivity index (χ0n) is 12.8. The Bertz CT molecular complexity index is 555. The maximum Gasteiger partial charge on any atom is 0.231 e. The van der Waals surface area contributed by atoms with Gasteiger partial charge in [-0.05, 0) is 12.0 Å². The molecule has 0 fully saturated rings. The molecule has 0 spiro atoms. The highest BCUT2D eigenvalue weighted by atomic mass is 15.3. The van der Waals surface area contributed by atoms with E-state index in [4.69, 9.17) is 0 Å². The molecule has 2 N–H and O–H groups in total. The van der Waals surface area contributed by atoms with Gasteiger partial charge in [-0.1, -0.05) is 37.3 Å². The summed E-state index contributed by atoms with van der Waals surface area (Å²) in [5, 5.41) is 6.44. The molecule has 0 aliphatic rings. The average molecular weight is 286 g/mol. The van der Waals surface area contributed by atoms with Crippen molar-refractivity contribution in [1.82, 2.24) is 15.0 Å². The van der Waals surface area contributed by atoms with Crippen molar-refractivity contribution in [2.24, 2.45) is 0 Å². The third kappa shape index (κ3) is 4.59. The molecule has 1 aromatic carbocycles. The Kier molecular flexibility index (Phi) is 5.31. The summed E-state index contributed by atoms with van der Waals surface area (Å²) in [5.74, 6) is 1.82. The minimum atomic E-state index is 0.580. The molecule has 0 aliphatic carbocycles. The molecule has 6 nitrogen and oxygen atoms in total.